The van der Waals surface area contributed by atoms with E-state index in [2.05, 4.69) is 33.0 Å². The smallest absolute Gasteiger partial charge is 0.313 e. The van der Waals surface area contributed by atoms with E-state index in [1.807, 2.05) is 40.9 Å². The number of Topliss-reactive ketones (excluding diaryl/α,β-unsaturated/α-hetero) is 1. The van der Waals surface area contributed by atoms with Gasteiger partial charge in [-0.2, -0.15) is 11.8 Å². The third kappa shape index (κ3) is 15.6. The number of nitrogens with one attached hydrogen (secondary N) is 1. The number of rotatable bonds is 25. The van der Waals surface area contributed by atoms with Gasteiger partial charge in [0.05, 0.1) is 18.6 Å². The Kier molecular flexibility index (Phi) is 26.2. The number of ether oxygens (including phenoxy) is 3. The molecule has 0 aromatic carbocycles. The summed E-state index contributed by atoms with van der Waals surface area (Å²) in [6, 6.07) is 0. The van der Waals surface area contributed by atoms with Gasteiger partial charge < -0.3 is 27.0 Å². The second-order valence-electron chi connectivity index (χ2n) is 13.1. The van der Waals surface area contributed by atoms with Crippen molar-refractivity contribution in [1.29, 1.82) is 0 Å². The van der Waals surface area contributed by atoms with E-state index in [1.54, 1.807) is 18.7 Å². The van der Waals surface area contributed by atoms with Crippen LogP contribution in [0.4, 0.5) is 0 Å². The van der Waals surface area contributed by atoms with Gasteiger partial charge in [0.25, 0.3) is 5.91 Å². The van der Waals surface area contributed by atoms with Crippen LogP contribution in [0.15, 0.2) is 0 Å². The molecule has 1 N–H and O–H groups in total. The van der Waals surface area contributed by atoms with Crippen LogP contribution < -0.4 is 5.32 Å². The van der Waals surface area contributed by atoms with Gasteiger partial charge >= 0.3 is 5.97 Å². The number of hydrogen-bond donors (Lipinski definition) is 1. The molecule has 0 radical (unpaired) electrons. The van der Waals surface area contributed by atoms with E-state index in [0.29, 0.717) is 49.6 Å². The van der Waals surface area contributed by atoms with Crippen molar-refractivity contribution in [3.63, 3.8) is 0 Å². The van der Waals surface area contributed by atoms with E-state index < -0.39 is 11.2 Å². The molecule has 276 valence electrons. The fourth-order valence-electron chi connectivity index (χ4n) is 5.50. The molecule has 0 spiro atoms. The van der Waals surface area contributed by atoms with Gasteiger partial charge in [0.15, 0.2) is 5.78 Å². The van der Waals surface area contributed by atoms with Crippen LogP contribution in [-0.2, 0) is 28.6 Å². The minimum absolute atomic E-state index is 0. The molecule has 46 heavy (non-hydrogen) atoms. The molecular weight excluding hydrogens is 833 g/mol. The minimum atomic E-state index is -0.943. The maximum absolute atomic E-state index is 13.0. The van der Waals surface area contributed by atoms with Crippen LogP contribution in [0.25, 0.3) is 0 Å². The summed E-state index contributed by atoms with van der Waals surface area (Å²) < 4.78 is 17.8. The van der Waals surface area contributed by atoms with Crippen molar-refractivity contribution >= 4 is 29.4 Å². The number of amides is 1. The summed E-state index contributed by atoms with van der Waals surface area (Å²) in [6.07, 6.45) is 12.5. The third-order valence-corrected chi connectivity index (χ3v) is 10.3. The zero-order valence-corrected chi connectivity index (χ0v) is 35.5. The normalized spacial score (nSPS) is 20.0. The summed E-state index contributed by atoms with van der Waals surface area (Å²) in [5.74, 6) is 0.790. The molecule has 1 aliphatic carbocycles. The van der Waals surface area contributed by atoms with Crippen LogP contribution in [0.2, 0.25) is 0 Å². The zero-order chi connectivity index (χ0) is 33.8. The largest absolute Gasteiger partial charge is 0.463 e. The average molecular weight is 906 g/mol. The summed E-state index contributed by atoms with van der Waals surface area (Å²) in [5.41, 5.74) is -2.02. The first kappa shape index (κ1) is 48.3. The molecule has 0 heterocycles. The second-order valence-corrected chi connectivity index (χ2v) is 14.1. The fraction of sp³-hybridized carbons (Fsp3) is 0.892. The first-order chi connectivity index (χ1) is 20.9. The number of carbonyl (C=O) groups is 3. The predicted molar refractivity (Wildman–Crippen MR) is 192 cm³/mol. The first-order valence-electron chi connectivity index (χ1n) is 17.7. The SMILES string of the molecule is CC.CCCCC(CC)COC(C)(CC)C(=O)CCCCCOC(C)(CC)C(=O)NCCOC(=O)C1(CC(C)C)CC1SC.[CH3-].[Cm]. The molecule has 5 unspecified atom stereocenters. The Morgan fingerprint density at radius 3 is 2.07 bits per heavy atom. The Balaban J connectivity index is -0.00000452. The molecule has 1 aliphatic rings. The second kappa shape index (κ2) is 25.0. The predicted octanol–water partition coefficient (Wildman–Crippen LogP) is 9.01. The molecule has 5 atom stereocenters. The number of thioether (sulfide) groups is 1. The quantitative estimate of drug-likeness (QED) is 0.0556. The van der Waals surface area contributed by atoms with Gasteiger partial charge in [-0.15, -0.1) is 0 Å². The Hall–Kier alpha value is -2.12. The molecule has 7 nitrogen and oxygen atoms in total. The van der Waals surface area contributed by atoms with Gasteiger partial charge in [0, 0.05) is 18.3 Å². The van der Waals surface area contributed by atoms with Gasteiger partial charge in [-0.05, 0) is 76.9 Å². The van der Waals surface area contributed by atoms with Gasteiger partial charge in [-0.3, -0.25) is 14.4 Å². The molecule has 0 bridgehead atoms. The topological polar surface area (TPSA) is 90.9 Å². The molecule has 1 amide bonds. The van der Waals surface area contributed by atoms with E-state index in [0.717, 1.165) is 44.9 Å². The molecule has 0 aromatic rings. The maximum Gasteiger partial charge on any atom is 0.313 e. The van der Waals surface area contributed by atoms with E-state index in [1.165, 1.54) is 12.8 Å². The van der Waals surface area contributed by atoms with E-state index in [-0.39, 0.29) is 43.7 Å². The van der Waals surface area contributed by atoms with Crippen molar-refractivity contribution in [2.45, 2.75) is 163 Å². The van der Waals surface area contributed by atoms with Crippen molar-refractivity contribution in [3.05, 3.63) is 7.43 Å². The van der Waals surface area contributed by atoms with Crippen LogP contribution in [0.3, 0.4) is 0 Å². The number of hydrogen-bond acceptors (Lipinski definition) is 7. The number of carbonyl (C=O) groups excluding carboxylic acids is 3. The molecule has 1 saturated carbocycles. The van der Waals surface area contributed by atoms with Gasteiger partial charge in [0.2, 0.25) is 0 Å². The minimum Gasteiger partial charge on any atom is -0.463 e. The third-order valence-electron chi connectivity index (χ3n) is 9.16. The van der Waals surface area contributed by atoms with Crippen LogP contribution >= 0.6 is 11.8 Å². The molecule has 0 saturated heterocycles. The van der Waals surface area contributed by atoms with Crippen molar-refractivity contribution < 1.29 is 28.6 Å². The number of esters is 1. The Labute approximate surface area is 282 Å². The molecule has 0 aromatic heterocycles. The molecular formula is C37H72CmNO6S-. The maximum atomic E-state index is 13.0. The van der Waals surface area contributed by atoms with Crippen molar-refractivity contribution in [2.24, 2.45) is 17.3 Å². The standard InChI is InChI=1S/C34H63NO6S.C2H6.CH3.Cm/c1-10-14-18-27(11-2)25-41-32(7,12-3)28(36)19-16-15-17-21-40-33(8,13-4)30(37)35-20-22-39-31(38)34(23-26(5)6)24-29(34)42-9;1-2;;/h26-27,29H,10-25H2,1-9H3,(H,35,37);1-2H3;1H3;/q;;-1;. The Bertz CT molecular complexity index is 830. The van der Waals surface area contributed by atoms with Gasteiger partial charge in [-0.1, -0.05) is 81.1 Å². The van der Waals surface area contributed by atoms with Crippen molar-refractivity contribution in [3.8, 4) is 0 Å². The number of ketones is 1. The van der Waals surface area contributed by atoms with E-state index in [9.17, 15) is 14.4 Å². The fourth-order valence-corrected chi connectivity index (χ4v) is 6.60. The van der Waals surface area contributed by atoms with E-state index in [4.69, 9.17) is 14.2 Å². The molecule has 9 heteroatoms. The zero-order valence-electron chi connectivity index (χ0n) is 31.8. The van der Waals surface area contributed by atoms with Gasteiger partial charge in [-0.25, -0.2) is 0 Å². The summed E-state index contributed by atoms with van der Waals surface area (Å²) in [6.45, 7) is 21.9. The number of unbranched alkanes of at least 4 members (excludes halogenated alkanes) is 3. The Morgan fingerprint density at radius 1 is 0.935 bits per heavy atom. The summed E-state index contributed by atoms with van der Waals surface area (Å²) in [4.78, 5) is 38.7. The van der Waals surface area contributed by atoms with Crippen LogP contribution in [0.5, 0.6) is 0 Å². The van der Waals surface area contributed by atoms with Gasteiger partial charge in [0.1, 0.15) is 17.8 Å². The molecule has 0 aliphatic heterocycles. The summed E-state index contributed by atoms with van der Waals surface area (Å²) in [5, 5.41) is 3.22. The molecule has 1 fully saturated rings. The summed E-state index contributed by atoms with van der Waals surface area (Å²) in [7, 11) is 0. The van der Waals surface area contributed by atoms with Crippen LogP contribution in [0.1, 0.15) is 146 Å². The van der Waals surface area contributed by atoms with Crippen molar-refractivity contribution in [2.75, 3.05) is 32.6 Å². The van der Waals surface area contributed by atoms with E-state index >= 15 is 0 Å². The van der Waals surface area contributed by atoms with Crippen LogP contribution in [0, 0.1) is 24.7 Å². The molecule has 1 rings (SSSR count). The monoisotopic (exact) mass is 902 g/mol. The first-order valence-corrected chi connectivity index (χ1v) is 19.0. The summed E-state index contributed by atoms with van der Waals surface area (Å²) >= 11 is 1.73. The van der Waals surface area contributed by atoms with Crippen LogP contribution in [-0.4, -0.2) is 66.7 Å². The van der Waals surface area contributed by atoms with Crippen molar-refractivity contribution in [1.82, 2.24) is 5.32 Å². The Morgan fingerprint density at radius 2 is 1.57 bits per heavy atom. The average Bonchev–Trinajstić information content (AvgIpc) is 3.74.